The molecule has 0 unspecified atom stereocenters. The van der Waals surface area contributed by atoms with Gasteiger partial charge in [-0.05, 0) is 36.2 Å². The van der Waals surface area contributed by atoms with E-state index in [9.17, 15) is 18.0 Å². The van der Waals surface area contributed by atoms with Crippen LogP contribution in [0, 0.1) is 6.92 Å². The minimum Gasteiger partial charge on any atom is -0.484 e. The number of hydrogen-bond acceptors (Lipinski definition) is 3. The van der Waals surface area contributed by atoms with E-state index in [1.165, 1.54) is 4.90 Å². The summed E-state index contributed by atoms with van der Waals surface area (Å²) in [5, 5.41) is 6.21. The molecule has 2 rings (SSSR count). The molecule has 2 aromatic rings. The van der Waals surface area contributed by atoms with E-state index in [-0.39, 0.29) is 18.2 Å². The van der Waals surface area contributed by atoms with Gasteiger partial charge in [0, 0.05) is 45.4 Å². The molecule has 1 amide bonds. The third kappa shape index (κ3) is 7.84. The molecule has 0 saturated carbocycles. The van der Waals surface area contributed by atoms with Gasteiger partial charge in [-0.15, -0.1) is 0 Å². The fourth-order valence-corrected chi connectivity index (χ4v) is 2.71. The lowest BCUT2D eigenvalue weighted by Gasteiger charge is -2.16. The molecule has 0 radical (unpaired) electrons. The normalized spacial score (nSPS) is 11.8. The van der Waals surface area contributed by atoms with Crippen molar-refractivity contribution in [2.75, 3.05) is 27.7 Å². The maximum atomic E-state index is 12.5. The van der Waals surface area contributed by atoms with Gasteiger partial charge in [0.05, 0.1) is 0 Å². The van der Waals surface area contributed by atoms with E-state index in [0.29, 0.717) is 23.6 Å². The Hall–Kier alpha value is -3.23. The number of alkyl halides is 3. The molecule has 2 N–H and O–H groups in total. The van der Waals surface area contributed by atoms with Crippen molar-refractivity contribution < 1.29 is 22.7 Å². The fraction of sp³-hybridized carbons (Fsp3) is 0.364. The zero-order chi connectivity index (χ0) is 23.0. The van der Waals surface area contributed by atoms with E-state index >= 15 is 0 Å². The Bertz CT molecular complexity index is 910. The molecule has 0 spiro atoms. The highest BCUT2D eigenvalue weighted by atomic mass is 19.4. The van der Waals surface area contributed by atoms with Crippen molar-refractivity contribution in [3.05, 3.63) is 64.7 Å². The summed E-state index contributed by atoms with van der Waals surface area (Å²) in [7, 11) is 4.99. The van der Waals surface area contributed by atoms with Crippen molar-refractivity contribution in [3.63, 3.8) is 0 Å². The molecule has 2 aromatic carbocycles. The van der Waals surface area contributed by atoms with Crippen LogP contribution in [-0.4, -0.2) is 50.7 Å². The molecule has 0 atom stereocenters. The van der Waals surface area contributed by atoms with Crippen LogP contribution in [0.1, 0.15) is 27.0 Å². The third-order valence-corrected chi connectivity index (χ3v) is 4.35. The van der Waals surface area contributed by atoms with Crippen LogP contribution in [0.15, 0.2) is 47.5 Å². The largest absolute Gasteiger partial charge is 0.484 e. The number of amides is 1. The van der Waals surface area contributed by atoms with Crippen LogP contribution in [0.3, 0.4) is 0 Å². The number of carbonyl (C=O) groups is 1. The molecule has 0 saturated heterocycles. The molecule has 0 aliphatic rings. The van der Waals surface area contributed by atoms with E-state index in [1.807, 2.05) is 18.2 Å². The molecule has 0 fully saturated rings. The van der Waals surface area contributed by atoms with Gasteiger partial charge in [0.2, 0.25) is 0 Å². The highest BCUT2D eigenvalue weighted by molar-refractivity contribution is 5.93. The van der Waals surface area contributed by atoms with Gasteiger partial charge in [0.15, 0.2) is 12.6 Å². The van der Waals surface area contributed by atoms with Crippen molar-refractivity contribution in [1.82, 2.24) is 15.5 Å². The Morgan fingerprint density at radius 3 is 2.29 bits per heavy atom. The number of benzene rings is 2. The topological polar surface area (TPSA) is 66.0 Å². The first kappa shape index (κ1) is 24.0. The van der Waals surface area contributed by atoms with Gasteiger partial charge in [-0.2, -0.15) is 13.2 Å². The Balaban J connectivity index is 1.95. The number of nitrogens with one attached hydrogen (secondary N) is 2. The highest BCUT2D eigenvalue weighted by Crippen LogP contribution is 2.23. The van der Waals surface area contributed by atoms with Gasteiger partial charge >= 0.3 is 6.18 Å². The number of rotatable bonds is 7. The van der Waals surface area contributed by atoms with Crippen LogP contribution in [0.2, 0.25) is 0 Å². The molecule has 0 aliphatic heterocycles. The first-order valence-corrected chi connectivity index (χ1v) is 9.63. The van der Waals surface area contributed by atoms with Crippen LogP contribution in [0.25, 0.3) is 0 Å². The standard InChI is InChI=1S/C22H27F3N4O2/c1-15-5-8-18(19(11-15)31-14-22(23,24)25)13-28-21(26-2)27-12-16-6-9-17(10-7-16)20(30)29(3)4/h5-11H,12-14H2,1-4H3,(H2,26,27,28). The Kier molecular flexibility index (Phi) is 8.30. The molecule has 0 heterocycles. The van der Waals surface area contributed by atoms with Crippen LogP contribution in [0.5, 0.6) is 5.75 Å². The first-order chi connectivity index (χ1) is 14.6. The molecule has 0 bridgehead atoms. The molecule has 31 heavy (non-hydrogen) atoms. The number of aliphatic imine (C=N–C) groups is 1. The van der Waals surface area contributed by atoms with Gasteiger partial charge in [-0.3, -0.25) is 9.79 Å². The quantitative estimate of drug-likeness (QED) is 0.515. The molecule has 6 nitrogen and oxygen atoms in total. The monoisotopic (exact) mass is 436 g/mol. The molecule has 168 valence electrons. The van der Waals surface area contributed by atoms with Crippen LogP contribution in [-0.2, 0) is 13.1 Å². The van der Waals surface area contributed by atoms with E-state index in [2.05, 4.69) is 15.6 Å². The lowest BCUT2D eigenvalue weighted by Crippen LogP contribution is -2.36. The first-order valence-electron chi connectivity index (χ1n) is 9.63. The average Bonchev–Trinajstić information content (AvgIpc) is 2.72. The Morgan fingerprint density at radius 2 is 1.71 bits per heavy atom. The fourth-order valence-electron chi connectivity index (χ4n) is 2.71. The summed E-state index contributed by atoms with van der Waals surface area (Å²) < 4.78 is 42.5. The van der Waals surface area contributed by atoms with Gasteiger partial charge in [0.25, 0.3) is 5.91 Å². The number of nitrogens with zero attached hydrogens (tertiary/aromatic N) is 2. The maximum Gasteiger partial charge on any atom is 0.422 e. The Morgan fingerprint density at radius 1 is 1.06 bits per heavy atom. The zero-order valence-electron chi connectivity index (χ0n) is 18.0. The maximum absolute atomic E-state index is 12.5. The minimum absolute atomic E-state index is 0.0707. The zero-order valence-corrected chi connectivity index (χ0v) is 18.0. The molecular weight excluding hydrogens is 409 g/mol. The highest BCUT2D eigenvalue weighted by Gasteiger charge is 2.28. The molecular formula is C22H27F3N4O2. The molecule has 9 heteroatoms. The summed E-state index contributed by atoms with van der Waals surface area (Å²) >= 11 is 0. The second-order valence-electron chi connectivity index (χ2n) is 7.19. The second-order valence-corrected chi connectivity index (χ2v) is 7.19. The number of aryl methyl sites for hydroxylation is 1. The van der Waals surface area contributed by atoms with E-state index in [0.717, 1.165) is 11.1 Å². The van der Waals surface area contributed by atoms with Crippen molar-refractivity contribution >= 4 is 11.9 Å². The van der Waals surface area contributed by atoms with E-state index in [1.54, 1.807) is 52.3 Å². The lowest BCUT2D eigenvalue weighted by molar-refractivity contribution is -0.153. The number of halogens is 3. The van der Waals surface area contributed by atoms with Gasteiger partial charge in [-0.1, -0.05) is 24.3 Å². The lowest BCUT2D eigenvalue weighted by atomic mass is 10.1. The van der Waals surface area contributed by atoms with Crippen LogP contribution in [0.4, 0.5) is 13.2 Å². The van der Waals surface area contributed by atoms with Gasteiger partial charge in [-0.25, -0.2) is 0 Å². The summed E-state index contributed by atoms with van der Waals surface area (Å²) in [6.45, 7) is 1.14. The summed E-state index contributed by atoms with van der Waals surface area (Å²) in [6.07, 6.45) is -4.40. The summed E-state index contributed by atoms with van der Waals surface area (Å²) in [5.41, 5.74) is 2.94. The van der Waals surface area contributed by atoms with Gasteiger partial charge < -0.3 is 20.3 Å². The summed E-state index contributed by atoms with van der Waals surface area (Å²) in [4.78, 5) is 17.6. The minimum atomic E-state index is -4.40. The number of carbonyl (C=O) groups excluding carboxylic acids is 1. The van der Waals surface area contributed by atoms with Crippen molar-refractivity contribution in [2.24, 2.45) is 4.99 Å². The average molecular weight is 436 g/mol. The van der Waals surface area contributed by atoms with E-state index < -0.39 is 12.8 Å². The third-order valence-electron chi connectivity index (χ3n) is 4.35. The van der Waals surface area contributed by atoms with Gasteiger partial charge in [0.1, 0.15) is 5.75 Å². The van der Waals surface area contributed by atoms with Crippen LogP contribution >= 0.6 is 0 Å². The predicted molar refractivity (Wildman–Crippen MR) is 114 cm³/mol. The second kappa shape index (κ2) is 10.7. The van der Waals surface area contributed by atoms with Crippen LogP contribution < -0.4 is 15.4 Å². The molecule has 0 aromatic heterocycles. The predicted octanol–water partition coefficient (Wildman–Crippen LogP) is 3.50. The van der Waals surface area contributed by atoms with Crippen molar-refractivity contribution in [2.45, 2.75) is 26.2 Å². The summed E-state index contributed by atoms with van der Waals surface area (Å²) in [6, 6.07) is 12.3. The SMILES string of the molecule is CN=C(NCc1ccc(C(=O)N(C)C)cc1)NCc1ccc(C)cc1OCC(F)(F)F. The number of ether oxygens (including phenoxy) is 1. The summed E-state index contributed by atoms with van der Waals surface area (Å²) in [5.74, 6) is 0.593. The van der Waals surface area contributed by atoms with Crippen molar-refractivity contribution in [3.8, 4) is 5.75 Å². The smallest absolute Gasteiger partial charge is 0.422 e. The Labute approximate surface area is 180 Å². The number of hydrogen-bond donors (Lipinski definition) is 2. The van der Waals surface area contributed by atoms with Crippen molar-refractivity contribution in [1.29, 1.82) is 0 Å². The van der Waals surface area contributed by atoms with E-state index in [4.69, 9.17) is 4.74 Å². The molecule has 0 aliphatic carbocycles. The number of guanidine groups is 1.